The smallest absolute Gasteiger partial charge is 0.244 e. The summed E-state index contributed by atoms with van der Waals surface area (Å²) in [6, 6.07) is 4.98. The SMILES string of the molecule is C#CCN(C)S(=O)(=O)c1cc(CN)ccc1Br. The molecule has 0 aliphatic carbocycles. The van der Waals surface area contributed by atoms with Crippen molar-refractivity contribution >= 4 is 26.0 Å². The van der Waals surface area contributed by atoms with Crippen molar-refractivity contribution in [3.8, 4) is 12.3 Å². The molecular weight excluding hydrogens is 304 g/mol. The Morgan fingerprint density at radius 3 is 2.71 bits per heavy atom. The van der Waals surface area contributed by atoms with E-state index in [0.717, 1.165) is 9.87 Å². The summed E-state index contributed by atoms with van der Waals surface area (Å²) >= 11 is 3.22. The van der Waals surface area contributed by atoms with Gasteiger partial charge in [-0.05, 0) is 33.6 Å². The highest BCUT2D eigenvalue weighted by Gasteiger charge is 2.22. The monoisotopic (exact) mass is 316 g/mol. The van der Waals surface area contributed by atoms with Crippen LogP contribution in [0.4, 0.5) is 0 Å². The van der Waals surface area contributed by atoms with Gasteiger partial charge in [0.2, 0.25) is 10.0 Å². The van der Waals surface area contributed by atoms with Crippen LogP contribution in [0.2, 0.25) is 0 Å². The topological polar surface area (TPSA) is 63.4 Å². The Kier molecular flexibility index (Phi) is 4.71. The molecule has 2 N–H and O–H groups in total. The molecule has 1 aromatic rings. The van der Waals surface area contributed by atoms with Crippen LogP contribution in [-0.4, -0.2) is 26.3 Å². The van der Waals surface area contributed by atoms with Gasteiger partial charge in [-0.25, -0.2) is 8.42 Å². The van der Waals surface area contributed by atoms with Gasteiger partial charge in [0.1, 0.15) is 0 Å². The maximum atomic E-state index is 12.2. The third-order valence-electron chi connectivity index (χ3n) is 2.23. The molecule has 0 aliphatic rings. The van der Waals surface area contributed by atoms with Gasteiger partial charge in [-0.2, -0.15) is 4.31 Å². The van der Waals surface area contributed by atoms with E-state index in [2.05, 4.69) is 21.9 Å². The highest BCUT2D eigenvalue weighted by molar-refractivity contribution is 9.10. The van der Waals surface area contributed by atoms with Crippen molar-refractivity contribution in [2.45, 2.75) is 11.4 Å². The summed E-state index contributed by atoms with van der Waals surface area (Å²) in [5.74, 6) is 2.30. The average Bonchev–Trinajstić information content (AvgIpc) is 2.29. The molecule has 0 fully saturated rings. The lowest BCUT2D eigenvalue weighted by Gasteiger charge is -2.16. The zero-order valence-electron chi connectivity index (χ0n) is 9.35. The second kappa shape index (κ2) is 5.65. The number of nitrogens with zero attached hydrogens (tertiary/aromatic N) is 1. The summed E-state index contributed by atoms with van der Waals surface area (Å²) in [6.07, 6.45) is 5.11. The van der Waals surface area contributed by atoms with E-state index in [4.69, 9.17) is 12.2 Å². The number of hydrogen-bond acceptors (Lipinski definition) is 3. The van der Waals surface area contributed by atoms with Gasteiger partial charge in [-0.15, -0.1) is 6.42 Å². The van der Waals surface area contributed by atoms with Crippen LogP contribution in [0, 0.1) is 12.3 Å². The molecule has 0 saturated carbocycles. The van der Waals surface area contributed by atoms with E-state index in [-0.39, 0.29) is 18.0 Å². The zero-order chi connectivity index (χ0) is 13.1. The van der Waals surface area contributed by atoms with Crippen molar-refractivity contribution in [1.82, 2.24) is 4.31 Å². The standard InChI is InChI=1S/C11H13BrN2O2S/c1-3-6-14(2)17(15,16)11-7-9(8-13)4-5-10(11)12/h1,4-5,7H,6,8,13H2,2H3. The fourth-order valence-electron chi connectivity index (χ4n) is 1.25. The zero-order valence-corrected chi connectivity index (χ0v) is 11.8. The number of benzene rings is 1. The van der Waals surface area contributed by atoms with Crippen LogP contribution in [0.3, 0.4) is 0 Å². The van der Waals surface area contributed by atoms with E-state index in [0.29, 0.717) is 4.47 Å². The molecular formula is C11H13BrN2O2S. The highest BCUT2D eigenvalue weighted by Crippen LogP contribution is 2.25. The third-order valence-corrected chi connectivity index (χ3v) is 5.03. The van der Waals surface area contributed by atoms with Crippen molar-refractivity contribution in [3.63, 3.8) is 0 Å². The molecule has 0 radical (unpaired) electrons. The number of hydrogen-bond donors (Lipinski definition) is 1. The minimum Gasteiger partial charge on any atom is -0.326 e. The number of rotatable bonds is 4. The van der Waals surface area contributed by atoms with E-state index >= 15 is 0 Å². The second-order valence-corrected chi connectivity index (χ2v) is 6.30. The maximum absolute atomic E-state index is 12.2. The molecule has 4 nitrogen and oxygen atoms in total. The molecule has 0 amide bonds. The summed E-state index contributed by atoms with van der Waals surface area (Å²) < 4.78 is 26.0. The third kappa shape index (κ3) is 3.07. The largest absolute Gasteiger partial charge is 0.326 e. The Labute approximate surface area is 110 Å². The first kappa shape index (κ1) is 14.2. The Hall–Kier alpha value is -0.870. The molecule has 17 heavy (non-hydrogen) atoms. The molecule has 0 atom stereocenters. The molecule has 6 heteroatoms. The molecule has 0 saturated heterocycles. The predicted octanol–water partition coefficient (Wildman–Crippen LogP) is 1.16. The molecule has 92 valence electrons. The number of terminal acetylenes is 1. The van der Waals surface area contributed by atoms with E-state index in [1.54, 1.807) is 18.2 Å². The minimum absolute atomic E-state index is 0.0294. The Morgan fingerprint density at radius 1 is 1.53 bits per heavy atom. The van der Waals surface area contributed by atoms with Gasteiger partial charge in [0.25, 0.3) is 0 Å². The normalized spacial score (nSPS) is 11.5. The minimum atomic E-state index is -3.58. The lowest BCUT2D eigenvalue weighted by Crippen LogP contribution is -2.27. The first-order valence-electron chi connectivity index (χ1n) is 4.81. The molecule has 0 heterocycles. The summed E-state index contributed by atoms with van der Waals surface area (Å²) in [6.45, 7) is 0.316. The van der Waals surface area contributed by atoms with Gasteiger partial charge >= 0.3 is 0 Å². The molecule has 0 unspecified atom stereocenters. The van der Waals surface area contributed by atoms with E-state index in [1.807, 2.05) is 0 Å². The van der Waals surface area contributed by atoms with Crippen LogP contribution in [0.15, 0.2) is 27.6 Å². The fraction of sp³-hybridized carbons (Fsp3) is 0.273. The van der Waals surface area contributed by atoms with Gasteiger partial charge in [0.15, 0.2) is 0 Å². The van der Waals surface area contributed by atoms with Gasteiger partial charge in [-0.1, -0.05) is 12.0 Å². The summed E-state index contributed by atoms with van der Waals surface area (Å²) in [7, 11) is -2.13. The van der Waals surface area contributed by atoms with Crippen molar-refractivity contribution in [2.75, 3.05) is 13.6 Å². The summed E-state index contributed by atoms with van der Waals surface area (Å²) in [4.78, 5) is 0.179. The summed E-state index contributed by atoms with van der Waals surface area (Å²) in [5, 5.41) is 0. The first-order valence-corrected chi connectivity index (χ1v) is 7.05. The summed E-state index contributed by atoms with van der Waals surface area (Å²) in [5.41, 5.74) is 6.24. The van der Waals surface area contributed by atoms with Crippen molar-refractivity contribution in [2.24, 2.45) is 5.73 Å². The molecule has 1 rings (SSSR count). The number of nitrogens with two attached hydrogens (primary N) is 1. The Balaban J connectivity index is 3.28. The van der Waals surface area contributed by atoms with Crippen LogP contribution >= 0.6 is 15.9 Å². The van der Waals surface area contributed by atoms with E-state index in [9.17, 15) is 8.42 Å². The highest BCUT2D eigenvalue weighted by atomic mass is 79.9. The molecule has 0 spiro atoms. The fourth-order valence-corrected chi connectivity index (χ4v) is 3.31. The van der Waals surface area contributed by atoms with Crippen LogP contribution in [0.1, 0.15) is 5.56 Å². The van der Waals surface area contributed by atoms with Gasteiger partial charge in [0.05, 0.1) is 11.4 Å². The van der Waals surface area contributed by atoms with Gasteiger partial charge in [0, 0.05) is 18.1 Å². The second-order valence-electron chi connectivity index (χ2n) is 3.43. The number of halogens is 1. The van der Waals surface area contributed by atoms with E-state index < -0.39 is 10.0 Å². The Bertz CT molecular complexity index is 549. The maximum Gasteiger partial charge on any atom is 0.244 e. The molecule has 0 aliphatic heterocycles. The lowest BCUT2D eigenvalue weighted by atomic mass is 10.2. The van der Waals surface area contributed by atoms with Crippen LogP contribution in [0.5, 0.6) is 0 Å². The Morgan fingerprint density at radius 2 is 2.18 bits per heavy atom. The van der Waals surface area contributed by atoms with Crippen molar-refractivity contribution in [1.29, 1.82) is 0 Å². The van der Waals surface area contributed by atoms with Crippen molar-refractivity contribution in [3.05, 3.63) is 28.2 Å². The van der Waals surface area contributed by atoms with E-state index in [1.165, 1.54) is 7.05 Å². The average molecular weight is 317 g/mol. The van der Waals surface area contributed by atoms with Gasteiger partial charge < -0.3 is 5.73 Å². The molecule has 1 aromatic carbocycles. The first-order chi connectivity index (χ1) is 7.93. The molecule has 0 aromatic heterocycles. The van der Waals surface area contributed by atoms with Gasteiger partial charge in [-0.3, -0.25) is 0 Å². The van der Waals surface area contributed by atoms with Crippen molar-refractivity contribution < 1.29 is 8.42 Å². The predicted molar refractivity (Wildman–Crippen MR) is 70.7 cm³/mol. The number of sulfonamides is 1. The van der Waals surface area contributed by atoms with Crippen LogP contribution in [0.25, 0.3) is 0 Å². The quantitative estimate of drug-likeness (QED) is 0.848. The molecule has 0 bridgehead atoms. The lowest BCUT2D eigenvalue weighted by molar-refractivity contribution is 0.502. The van der Waals surface area contributed by atoms with Crippen LogP contribution in [-0.2, 0) is 16.6 Å². The van der Waals surface area contributed by atoms with Crippen LogP contribution < -0.4 is 5.73 Å².